The maximum atomic E-state index is 12.9. The van der Waals surface area contributed by atoms with E-state index in [0.29, 0.717) is 23.7 Å². The first-order valence-corrected chi connectivity index (χ1v) is 9.65. The molecule has 0 aliphatic rings. The third-order valence-electron chi connectivity index (χ3n) is 4.61. The van der Waals surface area contributed by atoms with Crippen LogP contribution in [0.2, 0.25) is 5.02 Å². The third-order valence-corrected chi connectivity index (χ3v) is 4.86. The molecule has 1 N–H and O–H groups in total. The summed E-state index contributed by atoms with van der Waals surface area (Å²) in [7, 11) is 1.95. The highest BCUT2D eigenvalue weighted by atomic mass is 35.5. The number of hydrogen-bond acceptors (Lipinski definition) is 3. The van der Waals surface area contributed by atoms with Gasteiger partial charge in [-0.25, -0.2) is 4.68 Å². The Labute approximate surface area is 173 Å². The number of nitrogens with zero attached hydrogens (tertiary/aromatic N) is 4. The fourth-order valence-electron chi connectivity index (χ4n) is 3.12. The number of aryl methyl sites for hydroxylation is 1. The molecule has 0 atom stereocenters. The van der Waals surface area contributed by atoms with Gasteiger partial charge in [0.1, 0.15) is 11.4 Å². The number of benzene rings is 1. The number of hydrogen-bond donors (Lipinski definition) is 1. The summed E-state index contributed by atoms with van der Waals surface area (Å²) in [6, 6.07) is 18.7. The minimum absolute atomic E-state index is 0.191. The van der Waals surface area contributed by atoms with Crippen molar-refractivity contribution in [1.29, 1.82) is 0 Å². The van der Waals surface area contributed by atoms with Crippen LogP contribution in [-0.4, -0.2) is 31.8 Å². The molecular formula is C22H20ClN5O. The molecule has 0 unspecified atom stereocenters. The molecule has 4 aromatic rings. The summed E-state index contributed by atoms with van der Waals surface area (Å²) >= 11 is 6.02. The highest BCUT2D eigenvalue weighted by Crippen LogP contribution is 2.23. The van der Waals surface area contributed by atoms with Gasteiger partial charge in [-0.2, -0.15) is 5.10 Å². The normalized spacial score (nSPS) is 10.8. The second-order valence-electron chi connectivity index (χ2n) is 6.63. The zero-order valence-corrected chi connectivity index (χ0v) is 16.7. The second kappa shape index (κ2) is 8.32. The molecule has 0 fully saturated rings. The molecule has 146 valence electrons. The summed E-state index contributed by atoms with van der Waals surface area (Å²) in [5.74, 6) is -0.191. The van der Waals surface area contributed by atoms with E-state index in [1.54, 1.807) is 29.1 Å². The topological polar surface area (TPSA) is 64.7 Å². The third kappa shape index (κ3) is 4.22. The Bertz CT molecular complexity index is 1120. The van der Waals surface area contributed by atoms with E-state index in [1.807, 2.05) is 60.3 Å². The van der Waals surface area contributed by atoms with Crippen LogP contribution in [0.25, 0.3) is 17.1 Å². The van der Waals surface area contributed by atoms with Crippen LogP contribution in [-0.2, 0) is 13.5 Å². The molecule has 3 heterocycles. The van der Waals surface area contributed by atoms with Crippen molar-refractivity contribution in [3.8, 4) is 17.1 Å². The lowest BCUT2D eigenvalue weighted by molar-refractivity contribution is 0.0946. The average Bonchev–Trinajstić information content (AvgIpc) is 3.35. The van der Waals surface area contributed by atoms with Gasteiger partial charge in [0.15, 0.2) is 0 Å². The van der Waals surface area contributed by atoms with Gasteiger partial charge in [0.25, 0.3) is 5.91 Å². The molecule has 3 aromatic heterocycles. The summed E-state index contributed by atoms with van der Waals surface area (Å²) < 4.78 is 3.62. The Balaban J connectivity index is 1.61. The molecular weight excluding hydrogens is 386 g/mol. The molecule has 0 aliphatic heterocycles. The Kier molecular flexibility index (Phi) is 5.44. The van der Waals surface area contributed by atoms with Gasteiger partial charge in [0.2, 0.25) is 0 Å². The molecule has 0 bridgehead atoms. The molecule has 1 amide bonds. The quantitative estimate of drug-likeness (QED) is 0.529. The number of carbonyl (C=O) groups excluding carboxylic acids is 1. The largest absolute Gasteiger partial charge is 0.350 e. The molecule has 0 radical (unpaired) electrons. The number of rotatable bonds is 6. The molecule has 7 heteroatoms. The standard InChI is InChI=1S/C22H20ClN5O/c1-27-14-4-6-20(27)19-15-21(28(26-19)18-9-7-16(23)8-10-18)22(29)25-13-11-17-5-2-3-12-24-17/h2-10,12,14-15H,11,13H2,1H3,(H,25,29). The van der Waals surface area contributed by atoms with Gasteiger partial charge in [-0.3, -0.25) is 9.78 Å². The Hall–Kier alpha value is -3.38. The van der Waals surface area contributed by atoms with E-state index < -0.39 is 0 Å². The van der Waals surface area contributed by atoms with Crippen LogP contribution in [0.4, 0.5) is 0 Å². The van der Waals surface area contributed by atoms with Gasteiger partial charge in [0, 0.05) is 43.1 Å². The lowest BCUT2D eigenvalue weighted by Gasteiger charge is -2.08. The van der Waals surface area contributed by atoms with Crippen molar-refractivity contribution in [2.75, 3.05) is 6.54 Å². The fraction of sp³-hybridized carbons (Fsp3) is 0.136. The summed E-state index contributed by atoms with van der Waals surface area (Å²) in [5, 5.41) is 8.28. The van der Waals surface area contributed by atoms with Crippen LogP contribution < -0.4 is 5.32 Å². The van der Waals surface area contributed by atoms with E-state index in [2.05, 4.69) is 15.4 Å². The van der Waals surface area contributed by atoms with Crippen LogP contribution in [0.15, 0.2) is 73.1 Å². The van der Waals surface area contributed by atoms with Crippen LogP contribution in [0.5, 0.6) is 0 Å². The number of nitrogens with one attached hydrogen (secondary N) is 1. The Morgan fingerprint density at radius 1 is 1.10 bits per heavy atom. The van der Waals surface area contributed by atoms with Gasteiger partial charge < -0.3 is 9.88 Å². The van der Waals surface area contributed by atoms with E-state index in [4.69, 9.17) is 11.6 Å². The van der Waals surface area contributed by atoms with Crippen molar-refractivity contribution in [2.24, 2.45) is 7.05 Å². The maximum absolute atomic E-state index is 12.9. The number of halogens is 1. The van der Waals surface area contributed by atoms with Crippen LogP contribution in [0, 0.1) is 0 Å². The van der Waals surface area contributed by atoms with Gasteiger partial charge in [0.05, 0.1) is 11.4 Å². The Morgan fingerprint density at radius 3 is 2.62 bits per heavy atom. The van der Waals surface area contributed by atoms with Crippen molar-refractivity contribution in [3.05, 3.63) is 89.5 Å². The van der Waals surface area contributed by atoms with Gasteiger partial charge in [-0.15, -0.1) is 0 Å². The molecule has 29 heavy (non-hydrogen) atoms. The average molecular weight is 406 g/mol. The van der Waals surface area contributed by atoms with Crippen molar-refractivity contribution in [1.82, 2.24) is 24.6 Å². The van der Waals surface area contributed by atoms with Crippen LogP contribution >= 0.6 is 11.6 Å². The van der Waals surface area contributed by atoms with Gasteiger partial charge in [-0.05, 0) is 54.6 Å². The highest BCUT2D eigenvalue weighted by Gasteiger charge is 2.18. The van der Waals surface area contributed by atoms with E-state index in [0.717, 1.165) is 22.8 Å². The highest BCUT2D eigenvalue weighted by molar-refractivity contribution is 6.30. The van der Waals surface area contributed by atoms with Crippen molar-refractivity contribution in [3.63, 3.8) is 0 Å². The van der Waals surface area contributed by atoms with E-state index >= 15 is 0 Å². The van der Waals surface area contributed by atoms with E-state index in [9.17, 15) is 4.79 Å². The maximum Gasteiger partial charge on any atom is 0.270 e. The lowest BCUT2D eigenvalue weighted by Crippen LogP contribution is -2.28. The predicted molar refractivity (Wildman–Crippen MR) is 113 cm³/mol. The first-order valence-electron chi connectivity index (χ1n) is 9.27. The molecule has 0 spiro atoms. The summed E-state index contributed by atoms with van der Waals surface area (Å²) in [4.78, 5) is 17.2. The summed E-state index contributed by atoms with van der Waals surface area (Å²) in [6.45, 7) is 0.487. The van der Waals surface area contributed by atoms with E-state index in [1.165, 1.54) is 0 Å². The first-order chi connectivity index (χ1) is 14.1. The summed E-state index contributed by atoms with van der Waals surface area (Å²) in [6.07, 6.45) is 4.36. The van der Waals surface area contributed by atoms with E-state index in [-0.39, 0.29) is 5.91 Å². The Morgan fingerprint density at radius 2 is 1.93 bits per heavy atom. The van der Waals surface area contributed by atoms with Crippen LogP contribution in [0.1, 0.15) is 16.2 Å². The smallest absolute Gasteiger partial charge is 0.270 e. The SMILES string of the molecule is Cn1cccc1-c1cc(C(=O)NCCc2ccccn2)n(-c2ccc(Cl)cc2)n1. The molecule has 0 saturated carbocycles. The zero-order chi connectivity index (χ0) is 20.2. The molecule has 6 nitrogen and oxygen atoms in total. The summed E-state index contributed by atoms with van der Waals surface area (Å²) in [5.41, 5.74) is 3.82. The molecule has 0 saturated heterocycles. The fourth-order valence-corrected chi connectivity index (χ4v) is 3.24. The molecule has 1 aromatic carbocycles. The first kappa shape index (κ1) is 19.0. The molecule has 0 aliphatic carbocycles. The van der Waals surface area contributed by atoms with Crippen LogP contribution in [0.3, 0.4) is 0 Å². The minimum Gasteiger partial charge on any atom is -0.350 e. The minimum atomic E-state index is -0.191. The van der Waals surface area contributed by atoms with Crippen molar-refractivity contribution in [2.45, 2.75) is 6.42 Å². The number of carbonyl (C=O) groups is 1. The zero-order valence-electron chi connectivity index (χ0n) is 15.9. The van der Waals surface area contributed by atoms with Crippen molar-refractivity contribution < 1.29 is 4.79 Å². The van der Waals surface area contributed by atoms with Gasteiger partial charge >= 0.3 is 0 Å². The number of amides is 1. The predicted octanol–water partition coefficient (Wildman–Crippen LogP) is 3.90. The second-order valence-corrected chi connectivity index (χ2v) is 7.07. The number of aromatic nitrogens is 4. The number of pyridine rings is 1. The monoisotopic (exact) mass is 405 g/mol. The van der Waals surface area contributed by atoms with Gasteiger partial charge in [-0.1, -0.05) is 17.7 Å². The van der Waals surface area contributed by atoms with Crippen molar-refractivity contribution >= 4 is 17.5 Å². The lowest BCUT2D eigenvalue weighted by atomic mass is 10.2. The molecule has 4 rings (SSSR count).